The largest absolute Gasteiger partial charge is 0.497 e. The first kappa shape index (κ1) is 58.6. The van der Waals surface area contributed by atoms with Gasteiger partial charge in [-0.2, -0.15) is 4.98 Å². The number of aromatic nitrogens is 4. The second-order valence-electron chi connectivity index (χ2n) is 19.5. The standard InChI is InChI=1S/C58H68N8O10S2/c1-37(2)54(71)63-57-62-53-52(56(73)64-57)61-44(33-59-53)34-65(39(4)67)45-23-17-40(18-24-45)55(72)60-38(3)16-25-47(68)14-10-30-77-78-31-11-15-51(70)66-35-48(69)32-46(66)36-76-58(41-12-8-7-9-13-41,42-19-26-49(74-5)27-20-42)43-21-28-50(75-6)29-22-43/h7-9,12-13,17-24,26-29,33,37-38,46,48,69H,10-11,14-16,25,30-32,34-36H2,1-6H3,(H,60,72)(H2,59,62,63,64,71,73)/t38-,46+,48-/m1/s1. The Morgan fingerprint density at radius 2 is 1.44 bits per heavy atom. The molecule has 4 amide bonds. The van der Waals surface area contributed by atoms with Gasteiger partial charge >= 0.3 is 0 Å². The summed E-state index contributed by atoms with van der Waals surface area (Å²) in [4.78, 5) is 95.8. The molecule has 0 bridgehead atoms. The quantitative estimate of drug-likeness (QED) is 0.0216. The third-order valence-corrected chi connectivity index (χ3v) is 15.9. The number of fused-ring (bicyclic) bond motifs is 1. The average Bonchev–Trinajstić information content (AvgIpc) is 3.85. The third kappa shape index (κ3) is 15.3. The van der Waals surface area contributed by atoms with Crippen LogP contribution < -0.4 is 30.6 Å². The van der Waals surface area contributed by atoms with E-state index in [9.17, 15) is 33.9 Å². The molecule has 0 spiro atoms. The molecule has 2 aromatic heterocycles. The number of aliphatic hydroxyl groups is 1. The van der Waals surface area contributed by atoms with E-state index in [1.807, 2.05) is 85.8 Å². The van der Waals surface area contributed by atoms with Crippen molar-refractivity contribution in [2.45, 2.75) is 103 Å². The second kappa shape index (κ2) is 28.0. The molecule has 7 rings (SSSR count). The summed E-state index contributed by atoms with van der Waals surface area (Å²) < 4.78 is 18.1. The van der Waals surface area contributed by atoms with Gasteiger partial charge in [-0.15, -0.1) is 0 Å². The van der Waals surface area contributed by atoms with Gasteiger partial charge in [0, 0.05) is 67.4 Å². The average molecular weight is 1100 g/mol. The topological polar surface area (TPSA) is 235 Å². The lowest BCUT2D eigenvalue weighted by Gasteiger charge is -2.38. The van der Waals surface area contributed by atoms with E-state index in [0.717, 1.165) is 28.2 Å². The smallest absolute Gasteiger partial charge is 0.280 e. The Balaban J connectivity index is 0.810. The SMILES string of the molecule is COc1ccc(C(OC[C@@H]2C[C@@H](O)CN2C(=O)CCCSSCCCC(=O)CC[C@@H](C)NC(=O)c2ccc(N(Cc3cnc4nc(NC(=O)C(C)C)[nH]c(=O)c4n3)C(C)=O)cc2)(c2ccccc2)c2ccc(OC)cc2)cc1. The predicted octanol–water partition coefficient (Wildman–Crippen LogP) is 8.26. The first-order chi connectivity index (χ1) is 37.6. The molecule has 20 heteroatoms. The molecule has 18 nitrogen and oxygen atoms in total. The van der Waals surface area contributed by atoms with E-state index in [0.29, 0.717) is 73.4 Å². The van der Waals surface area contributed by atoms with Crippen molar-refractivity contribution in [2.75, 3.05) is 49.1 Å². The van der Waals surface area contributed by atoms with Gasteiger partial charge in [-0.1, -0.05) is 90.0 Å². The Hall–Kier alpha value is -7.13. The zero-order valence-corrected chi connectivity index (χ0v) is 46.5. The number of likely N-dealkylation sites (tertiary alicyclic amines) is 1. The van der Waals surface area contributed by atoms with Crippen molar-refractivity contribution >= 4 is 73.8 Å². The number of methoxy groups -OCH3 is 2. The van der Waals surface area contributed by atoms with Crippen molar-refractivity contribution in [2.24, 2.45) is 5.92 Å². The van der Waals surface area contributed by atoms with E-state index in [1.165, 1.54) is 18.0 Å². The summed E-state index contributed by atoms with van der Waals surface area (Å²) >= 11 is 0. The number of hydrogen-bond donors (Lipinski definition) is 4. The summed E-state index contributed by atoms with van der Waals surface area (Å²) in [5.41, 5.74) is 2.23. The maximum absolute atomic E-state index is 13.7. The van der Waals surface area contributed by atoms with E-state index in [4.69, 9.17) is 14.2 Å². The van der Waals surface area contributed by atoms with E-state index in [1.54, 1.807) is 78.8 Å². The number of aromatic amines is 1. The lowest BCUT2D eigenvalue weighted by Crippen LogP contribution is -2.42. The van der Waals surface area contributed by atoms with Crippen molar-refractivity contribution in [1.29, 1.82) is 0 Å². The zero-order chi connectivity index (χ0) is 55.8. The van der Waals surface area contributed by atoms with Crippen molar-refractivity contribution in [1.82, 2.24) is 30.2 Å². The van der Waals surface area contributed by atoms with Crippen molar-refractivity contribution in [3.8, 4) is 11.5 Å². The van der Waals surface area contributed by atoms with Crippen LogP contribution in [0.5, 0.6) is 11.5 Å². The normalized spacial score (nSPS) is 14.7. The number of β-amino-alcohol motifs (C(OH)–C–C–N with tert-alkyl or cyclic N) is 1. The van der Waals surface area contributed by atoms with Gasteiger partial charge in [-0.05, 0) is 97.8 Å². The van der Waals surface area contributed by atoms with Crippen molar-refractivity contribution in [3.05, 3.63) is 148 Å². The first-order valence-corrected chi connectivity index (χ1v) is 28.5. The maximum atomic E-state index is 13.7. The van der Waals surface area contributed by atoms with Crippen LogP contribution in [0.15, 0.2) is 114 Å². The van der Waals surface area contributed by atoms with Gasteiger partial charge in [0.1, 0.15) is 22.9 Å². The molecule has 0 unspecified atom stereocenters. The molecule has 4 aromatic carbocycles. The summed E-state index contributed by atoms with van der Waals surface area (Å²) in [6, 6.07) is 31.5. The van der Waals surface area contributed by atoms with E-state index in [-0.39, 0.29) is 84.2 Å². The summed E-state index contributed by atoms with van der Waals surface area (Å²) in [7, 11) is 6.62. The Bertz CT molecular complexity index is 3010. The minimum atomic E-state index is -1.05. The number of rotatable bonds is 27. The zero-order valence-electron chi connectivity index (χ0n) is 44.9. The molecule has 3 heterocycles. The number of hydrogen-bond acceptors (Lipinski definition) is 15. The summed E-state index contributed by atoms with van der Waals surface area (Å²) in [5, 5.41) is 16.3. The van der Waals surface area contributed by atoms with Gasteiger partial charge in [-0.3, -0.25) is 39.1 Å². The van der Waals surface area contributed by atoms with Crippen LogP contribution >= 0.6 is 21.6 Å². The van der Waals surface area contributed by atoms with E-state index >= 15 is 0 Å². The number of amides is 4. The molecule has 0 aliphatic carbocycles. The Morgan fingerprint density at radius 1 is 0.821 bits per heavy atom. The number of aliphatic hydroxyl groups excluding tert-OH is 1. The van der Waals surface area contributed by atoms with Gasteiger partial charge in [0.05, 0.1) is 51.4 Å². The second-order valence-corrected chi connectivity index (χ2v) is 22.2. The summed E-state index contributed by atoms with van der Waals surface area (Å²) in [6.07, 6.45) is 4.12. The third-order valence-electron chi connectivity index (χ3n) is 13.4. The molecule has 4 N–H and O–H groups in total. The number of nitrogens with zero attached hydrogens (tertiary/aromatic N) is 5. The molecule has 412 valence electrons. The highest BCUT2D eigenvalue weighted by Crippen LogP contribution is 2.42. The summed E-state index contributed by atoms with van der Waals surface area (Å²) in [5.74, 6) is 1.77. The van der Waals surface area contributed by atoms with Crippen LogP contribution in [0.3, 0.4) is 0 Å². The number of H-pyrrole nitrogens is 1. The van der Waals surface area contributed by atoms with Gasteiger partial charge in [-0.25, -0.2) is 9.97 Å². The van der Waals surface area contributed by atoms with Gasteiger partial charge in [0.15, 0.2) is 11.2 Å². The number of Topliss-reactive ketones (excluding diaryl/α,β-unsaturated/α-hetero) is 1. The van der Waals surface area contributed by atoms with Crippen LogP contribution in [0.4, 0.5) is 11.6 Å². The molecule has 1 aliphatic rings. The van der Waals surface area contributed by atoms with Crippen LogP contribution in [0.1, 0.15) is 105 Å². The fourth-order valence-electron chi connectivity index (χ4n) is 9.09. The molecular formula is C58H68N8O10S2. The lowest BCUT2D eigenvalue weighted by atomic mass is 9.80. The molecule has 1 fully saturated rings. The minimum Gasteiger partial charge on any atom is -0.497 e. The number of ketones is 1. The maximum Gasteiger partial charge on any atom is 0.280 e. The Labute approximate surface area is 462 Å². The Morgan fingerprint density at radius 3 is 2.04 bits per heavy atom. The number of carbonyl (C=O) groups excluding carboxylic acids is 5. The number of ether oxygens (including phenoxy) is 3. The van der Waals surface area contributed by atoms with Crippen molar-refractivity contribution < 1.29 is 43.3 Å². The van der Waals surface area contributed by atoms with Crippen LogP contribution in [0.2, 0.25) is 0 Å². The first-order valence-electron chi connectivity index (χ1n) is 26.1. The molecule has 78 heavy (non-hydrogen) atoms. The van der Waals surface area contributed by atoms with Gasteiger partial charge < -0.3 is 34.4 Å². The fraction of sp³-hybridized carbons (Fsp3) is 0.397. The highest BCUT2D eigenvalue weighted by Gasteiger charge is 2.41. The molecule has 0 radical (unpaired) electrons. The molecule has 1 aliphatic heterocycles. The highest BCUT2D eigenvalue weighted by atomic mass is 33.1. The minimum absolute atomic E-state index is 0.0109. The van der Waals surface area contributed by atoms with Crippen LogP contribution in [-0.4, -0.2) is 116 Å². The lowest BCUT2D eigenvalue weighted by molar-refractivity contribution is -0.134. The van der Waals surface area contributed by atoms with Crippen LogP contribution in [0.25, 0.3) is 11.2 Å². The highest BCUT2D eigenvalue weighted by molar-refractivity contribution is 8.76. The van der Waals surface area contributed by atoms with Gasteiger partial charge in [0.25, 0.3) is 11.5 Å². The summed E-state index contributed by atoms with van der Waals surface area (Å²) in [6.45, 7) is 7.09. The number of nitrogens with one attached hydrogen (secondary N) is 3. The monoisotopic (exact) mass is 1100 g/mol. The van der Waals surface area contributed by atoms with Crippen LogP contribution in [0, 0.1) is 5.92 Å². The van der Waals surface area contributed by atoms with E-state index < -0.39 is 17.3 Å². The fourth-order valence-corrected chi connectivity index (χ4v) is 11.3. The van der Waals surface area contributed by atoms with Crippen molar-refractivity contribution in [3.63, 3.8) is 0 Å². The number of carbonyl (C=O) groups is 5. The molecular weight excluding hydrogens is 1030 g/mol. The van der Waals surface area contributed by atoms with Crippen LogP contribution in [-0.2, 0) is 36.1 Å². The molecule has 1 saturated heterocycles. The number of anilines is 2. The van der Waals surface area contributed by atoms with E-state index in [2.05, 4.69) is 30.6 Å². The predicted molar refractivity (Wildman–Crippen MR) is 304 cm³/mol. The molecule has 3 atom stereocenters. The Kier molecular flexibility index (Phi) is 21.0. The van der Waals surface area contributed by atoms with Gasteiger partial charge in [0.2, 0.25) is 23.7 Å². The molecule has 0 saturated carbocycles. The molecule has 6 aromatic rings. The number of benzene rings is 4.